The molecule has 0 aromatic heterocycles. The Labute approximate surface area is 237 Å². The van der Waals surface area contributed by atoms with Crippen LogP contribution in [-0.2, 0) is 16.1 Å². The summed E-state index contributed by atoms with van der Waals surface area (Å²) in [7, 11) is 1.64. The lowest BCUT2D eigenvalue weighted by molar-refractivity contribution is -0.141. The number of benzene rings is 3. The van der Waals surface area contributed by atoms with Crippen LogP contribution in [-0.4, -0.2) is 44.2 Å². The first-order valence-corrected chi connectivity index (χ1v) is 14.3. The molecule has 1 atom stereocenters. The molecule has 0 aliphatic carbocycles. The maximum absolute atomic E-state index is 11.2. The summed E-state index contributed by atoms with van der Waals surface area (Å²) in [5.74, 6) is 1.72. The minimum absolute atomic E-state index is 0.0190. The summed E-state index contributed by atoms with van der Waals surface area (Å²) in [5.41, 5.74) is 1.15. The average Bonchev–Trinajstić information content (AvgIpc) is 3.39. The molecule has 2 heterocycles. The topological polar surface area (TPSA) is 48.0 Å². The van der Waals surface area contributed by atoms with Gasteiger partial charge >= 0.3 is 5.97 Å². The molecule has 2 saturated heterocycles. The zero-order valence-electron chi connectivity index (χ0n) is 23.0. The lowest BCUT2D eigenvalue weighted by Gasteiger charge is -2.27. The van der Waals surface area contributed by atoms with E-state index in [1.807, 2.05) is 98.8 Å². The fraction of sp³-hybridized carbons (Fsp3) is 0.406. The molecule has 0 spiro atoms. The minimum atomic E-state index is 0.0190. The number of methoxy groups -OCH3 is 1. The van der Waals surface area contributed by atoms with Gasteiger partial charge in [0.15, 0.2) is 11.5 Å². The smallest absolute Gasteiger partial charge is 0.310 e. The number of nitrogens with zero attached hydrogens (tertiary/aromatic N) is 1. The number of carbonyl (C=O) groups excluding carboxylic acids is 1. The fourth-order valence-electron chi connectivity index (χ4n) is 4.04. The molecule has 0 saturated carbocycles. The van der Waals surface area contributed by atoms with Gasteiger partial charge in [0.2, 0.25) is 0 Å². The van der Waals surface area contributed by atoms with Crippen molar-refractivity contribution < 1.29 is 19.0 Å². The van der Waals surface area contributed by atoms with Gasteiger partial charge < -0.3 is 19.1 Å². The fourth-order valence-corrected chi connectivity index (χ4v) is 4.35. The molecule has 5 rings (SSSR count). The summed E-state index contributed by atoms with van der Waals surface area (Å²) < 4.78 is 17.0. The highest BCUT2D eigenvalue weighted by Gasteiger charge is 2.28. The monoisotopic (exact) mass is 583 g/mol. The number of piperidine rings is 1. The van der Waals surface area contributed by atoms with Crippen molar-refractivity contribution in [2.24, 2.45) is 5.92 Å². The molecule has 0 N–H and O–H groups in total. The number of hydrogen-bond acceptors (Lipinski definition) is 5. The van der Waals surface area contributed by atoms with Gasteiger partial charge in [0.05, 0.1) is 19.6 Å². The number of halogens is 1. The highest BCUT2D eigenvalue weighted by Crippen LogP contribution is 2.26. The van der Waals surface area contributed by atoms with E-state index in [2.05, 4.69) is 20.8 Å². The zero-order chi connectivity index (χ0) is 27.4. The Balaban J connectivity index is 0.000000206. The van der Waals surface area contributed by atoms with E-state index in [-0.39, 0.29) is 11.9 Å². The summed E-state index contributed by atoms with van der Waals surface area (Å²) in [5, 5.41) is 0. The van der Waals surface area contributed by atoms with Gasteiger partial charge in [-0.25, -0.2) is 0 Å². The van der Waals surface area contributed by atoms with Crippen molar-refractivity contribution in [3.8, 4) is 11.5 Å². The van der Waals surface area contributed by atoms with Crippen molar-refractivity contribution in [1.82, 2.24) is 4.90 Å². The van der Waals surface area contributed by atoms with Crippen LogP contribution in [0.3, 0.4) is 0 Å². The Morgan fingerprint density at radius 1 is 0.842 bits per heavy atom. The second kappa shape index (κ2) is 19.3. The SMILES string of the molecule is Brc1ccccc1.CC.COc1ccccc1OCc1ccccc1.O=C1OCCC1CN1CCCCC1. The first-order valence-electron chi connectivity index (χ1n) is 13.5. The van der Waals surface area contributed by atoms with Gasteiger partial charge in [-0.15, -0.1) is 0 Å². The van der Waals surface area contributed by atoms with Crippen molar-refractivity contribution in [1.29, 1.82) is 0 Å². The van der Waals surface area contributed by atoms with E-state index in [0.717, 1.165) is 34.5 Å². The quantitative estimate of drug-likeness (QED) is 0.277. The highest BCUT2D eigenvalue weighted by atomic mass is 79.9. The van der Waals surface area contributed by atoms with Gasteiger partial charge in [-0.3, -0.25) is 4.79 Å². The molecule has 3 aromatic rings. The van der Waals surface area contributed by atoms with Crippen molar-refractivity contribution >= 4 is 21.9 Å². The van der Waals surface area contributed by atoms with E-state index in [1.54, 1.807) is 7.11 Å². The van der Waals surface area contributed by atoms with Crippen LogP contribution in [0.1, 0.15) is 45.1 Å². The van der Waals surface area contributed by atoms with Crippen LogP contribution < -0.4 is 9.47 Å². The summed E-state index contributed by atoms with van der Waals surface area (Å²) in [6.07, 6.45) is 4.87. The molecule has 38 heavy (non-hydrogen) atoms. The lowest BCUT2D eigenvalue weighted by atomic mass is 10.1. The predicted octanol–water partition coefficient (Wildman–Crippen LogP) is 7.78. The Kier molecular flexibility index (Phi) is 15.9. The maximum Gasteiger partial charge on any atom is 0.310 e. The summed E-state index contributed by atoms with van der Waals surface area (Å²) in [6.45, 7) is 8.46. The van der Waals surface area contributed by atoms with Crippen LogP contribution in [0.5, 0.6) is 11.5 Å². The van der Waals surface area contributed by atoms with Gasteiger partial charge in [0, 0.05) is 11.0 Å². The van der Waals surface area contributed by atoms with E-state index >= 15 is 0 Å². The van der Waals surface area contributed by atoms with Crippen LogP contribution >= 0.6 is 15.9 Å². The third-order valence-corrected chi connectivity index (χ3v) is 6.54. The van der Waals surface area contributed by atoms with Gasteiger partial charge in [-0.05, 0) is 62.2 Å². The molecule has 2 aliphatic rings. The molecule has 0 bridgehead atoms. The average molecular weight is 585 g/mol. The summed E-state index contributed by atoms with van der Waals surface area (Å²) >= 11 is 3.31. The van der Waals surface area contributed by atoms with Crippen molar-refractivity contribution in [3.63, 3.8) is 0 Å². The second-order valence-corrected chi connectivity index (χ2v) is 9.65. The molecule has 3 aromatic carbocycles. The summed E-state index contributed by atoms with van der Waals surface area (Å²) in [6, 6.07) is 27.7. The van der Waals surface area contributed by atoms with Crippen LogP contribution in [0.25, 0.3) is 0 Å². The molecule has 5 nitrogen and oxygen atoms in total. The van der Waals surface area contributed by atoms with Crippen molar-refractivity contribution in [2.75, 3.05) is 33.4 Å². The Hall–Kier alpha value is -2.83. The Morgan fingerprint density at radius 2 is 1.42 bits per heavy atom. The highest BCUT2D eigenvalue weighted by molar-refractivity contribution is 9.10. The van der Waals surface area contributed by atoms with Gasteiger partial charge in [0.25, 0.3) is 0 Å². The van der Waals surface area contributed by atoms with Crippen molar-refractivity contribution in [3.05, 3.63) is 95.0 Å². The number of ether oxygens (including phenoxy) is 3. The zero-order valence-corrected chi connectivity index (χ0v) is 24.6. The van der Waals surface area contributed by atoms with Gasteiger partial charge in [-0.2, -0.15) is 0 Å². The third kappa shape index (κ3) is 12.1. The van der Waals surface area contributed by atoms with E-state index in [9.17, 15) is 4.79 Å². The maximum atomic E-state index is 11.2. The number of para-hydroxylation sites is 2. The molecular formula is C32H42BrNO4. The molecule has 2 aliphatic heterocycles. The normalized spacial score (nSPS) is 16.3. The number of esters is 1. The number of rotatable bonds is 6. The molecule has 1 unspecified atom stereocenters. The predicted molar refractivity (Wildman–Crippen MR) is 159 cm³/mol. The second-order valence-electron chi connectivity index (χ2n) is 8.74. The Bertz CT molecular complexity index is 1010. The van der Waals surface area contributed by atoms with E-state index < -0.39 is 0 Å². The minimum Gasteiger partial charge on any atom is -0.493 e. The van der Waals surface area contributed by atoms with Crippen molar-refractivity contribution in [2.45, 2.75) is 46.1 Å². The molecule has 206 valence electrons. The number of hydrogen-bond donors (Lipinski definition) is 0. The first-order chi connectivity index (χ1) is 18.7. The molecular weight excluding hydrogens is 542 g/mol. The standard InChI is InChI=1S/C14H14O2.C10H17NO2.C6H5Br.C2H6/c1-15-13-9-5-6-10-14(13)16-11-12-7-3-2-4-8-12;12-10-9(4-7-13-10)8-11-5-2-1-3-6-11;7-6-4-2-1-3-5-6;1-2/h2-10H,11H2,1H3;9H,1-8H2;1-5H;1-2H3. The summed E-state index contributed by atoms with van der Waals surface area (Å²) in [4.78, 5) is 13.6. The van der Waals surface area contributed by atoms with E-state index in [1.165, 1.54) is 32.4 Å². The molecule has 2 fully saturated rings. The molecule has 6 heteroatoms. The van der Waals surface area contributed by atoms with Crippen LogP contribution in [0, 0.1) is 5.92 Å². The molecule has 0 radical (unpaired) electrons. The largest absolute Gasteiger partial charge is 0.493 e. The van der Waals surface area contributed by atoms with E-state index in [4.69, 9.17) is 14.2 Å². The van der Waals surface area contributed by atoms with Gasteiger partial charge in [0.1, 0.15) is 6.61 Å². The third-order valence-electron chi connectivity index (χ3n) is 6.01. The lowest BCUT2D eigenvalue weighted by Crippen LogP contribution is -2.35. The first kappa shape index (κ1) is 31.4. The Morgan fingerprint density at radius 3 is 1.95 bits per heavy atom. The number of carbonyl (C=O) groups is 1. The number of likely N-dealkylation sites (tertiary alicyclic amines) is 1. The van der Waals surface area contributed by atoms with Crippen LogP contribution in [0.15, 0.2) is 89.4 Å². The van der Waals surface area contributed by atoms with Crippen LogP contribution in [0.4, 0.5) is 0 Å². The number of cyclic esters (lactones) is 1. The van der Waals surface area contributed by atoms with Gasteiger partial charge in [-0.1, -0.05) is 96.9 Å². The van der Waals surface area contributed by atoms with Crippen LogP contribution in [0.2, 0.25) is 0 Å². The molecule has 0 amide bonds. The van der Waals surface area contributed by atoms with E-state index in [0.29, 0.717) is 13.2 Å².